The van der Waals surface area contributed by atoms with Crippen LogP contribution < -0.4 is 4.74 Å². The van der Waals surface area contributed by atoms with Gasteiger partial charge in [-0.25, -0.2) is 0 Å². The van der Waals surface area contributed by atoms with E-state index in [1.165, 1.54) is 6.07 Å². The summed E-state index contributed by atoms with van der Waals surface area (Å²) in [4.78, 5) is 11.2. The smallest absolute Gasteiger partial charge is 0.405 e. The molecule has 0 spiro atoms. The van der Waals surface area contributed by atoms with Crippen LogP contribution in [0.15, 0.2) is 16.6 Å². The largest absolute Gasteiger partial charge is 0.573 e. The van der Waals surface area contributed by atoms with E-state index in [2.05, 4.69) is 20.7 Å². The minimum Gasteiger partial charge on any atom is -0.405 e. The summed E-state index contributed by atoms with van der Waals surface area (Å²) < 4.78 is 40.0. The monoisotopic (exact) mass is 316 g/mol. The Morgan fingerprint density at radius 3 is 2.44 bits per heavy atom. The molecule has 0 fully saturated rings. The average Bonchev–Trinajstić information content (AvgIpc) is 1.96. The van der Waals surface area contributed by atoms with Crippen molar-refractivity contribution in [2.75, 3.05) is 0 Å². The molecule has 7 heteroatoms. The van der Waals surface area contributed by atoms with Gasteiger partial charge in [0.1, 0.15) is 5.75 Å². The first-order valence-electron chi connectivity index (χ1n) is 3.96. The van der Waals surface area contributed by atoms with Crippen molar-refractivity contribution in [2.24, 2.45) is 0 Å². The molecule has 0 aliphatic rings. The molecule has 0 saturated carbocycles. The normalized spacial score (nSPS) is 11.4. The lowest BCUT2D eigenvalue weighted by atomic mass is 10.1. The van der Waals surface area contributed by atoms with Gasteiger partial charge >= 0.3 is 6.36 Å². The Morgan fingerprint density at radius 1 is 1.44 bits per heavy atom. The molecule has 0 amide bonds. The summed E-state index contributed by atoms with van der Waals surface area (Å²) in [6, 6.07) is 2.26. The molecule has 0 heterocycles. The van der Waals surface area contributed by atoms with Crippen molar-refractivity contribution >= 4 is 33.3 Å². The van der Waals surface area contributed by atoms with Crippen LogP contribution in [-0.2, 0) is 0 Å². The Labute approximate surface area is 102 Å². The van der Waals surface area contributed by atoms with Crippen LogP contribution in [-0.4, -0.2) is 12.1 Å². The lowest BCUT2D eigenvalue weighted by Crippen LogP contribution is -2.19. The first-order chi connectivity index (χ1) is 7.20. The average molecular weight is 317 g/mol. The second-order valence-corrected chi connectivity index (χ2v) is 4.16. The Morgan fingerprint density at radius 2 is 2.00 bits per heavy atom. The van der Waals surface area contributed by atoms with Crippen LogP contribution >= 0.6 is 27.5 Å². The van der Waals surface area contributed by atoms with Gasteiger partial charge in [-0.15, -0.1) is 13.2 Å². The summed E-state index contributed by atoms with van der Waals surface area (Å²) in [6.07, 6.45) is -4.87. The molecule has 0 bridgehead atoms. The molecule has 88 valence electrons. The van der Waals surface area contributed by atoms with Gasteiger partial charge < -0.3 is 4.74 Å². The van der Waals surface area contributed by atoms with Crippen molar-refractivity contribution in [1.82, 2.24) is 0 Å². The molecule has 1 aromatic carbocycles. The molecule has 0 aliphatic carbocycles. The van der Waals surface area contributed by atoms with Gasteiger partial charge in [-0.05, 0) is 35.0 Å². The highest BCUT2D eigenvalue weighted by Gasteiger charge is 2.33. The number of carbonyl (C=O) groups excluding carboxylic acids is 1. The molecule has 0 aromatic heterocycles. The number of halogens is 5. The number of hydrogen-bond acceptors (Lipinski definition) is 2. The SMILES string of the molecule is CC(=O)c1c(Br)cc(Cl)cc1OC(F)(F)F. The fourth-order valence-corrected chi connectivity index (χ4v) is 2.16. The Hall–Kier alpha value is -0.750. The number of rotatable bonds is 2. The van der Waals surface area contributed by atoms with Crippen molar-refractivity contribution in [2.45, 2.75) is 13.3 Å². The number of ether oxygens (including phenoxy) is 1. The fraction of sp³-hybridized carbons (Fsp3) is 0.222. The Balaban J connectivity index is 3.30. The lowest BCUT2D eigenvalue weighted by molar-refractivity contribution is -0.274. The van der Waals surface area contributed by atoms with Crippen molar-refractivity contribution in [3.8, 4) is 5.75 Å². The number of hydrogen-bond donors (Lipinski definition) is 0. The third-order valence-electron chi connectivity index (χ3n) is 1.60. The molecule has 0 aliphatic heterocycles. The number of carbonyl (C=O) groups is 1. The zero-order valence-electron chi connectivity index (χ0n) is 7.86. The lowest BCUT2D eigenvalue weighted by Gasteiger charge is -2.13. The second-order valence-electron chi connectivity index (χ2n) is 2.86. The number of Topliss-reactive ketones (excluding diaryl/α,β-unsaturated/α-hetero) is 1. The van der Waals surface area contributed by atoms with Crippen LogP contribution in [0.3, 0.4) is 0 Å². The highest BCUT2D eigenvalue weighted by atomic mass is 79.9. The van der Waals surface area contributed by atoms with E-state index in [9.17, 15) is 18.0 Å². The van der Waals surface area contributed by atoms with Crippen LogP contribution in [0.2, 0.25) is 5.02 Å². The van der Waals surface area contributed by atoms with E-state index >= 15 is 0 Å². The van der Waals surface area contributed by atoms with Crippen molar-refractivity contribution in [1.29, 1.82) is 0 Å². The van der Waals surface area contributed by atoms with Crippen molar-refractivity contribution in [3.63, 3.8) is 0 Å². The summed E-state index contributed by atoms with van der Waals surface area (Å²) in [7, 11) is 0. The molecule has 16 heavy (non-hydrogen) atoms. The summed E-state index contributed by atoms with van der Waals surface area (Å²) in [5.41, 5.74) is -0.193. The van der Waals surface area contributed by atoms with Crippen LogP contribution in [0.5, 0.6) is 5.75 Å². The highest BCUT2D eigenvalue weighted by molar-refractivity contribution is 9.10. The maximum absolute atomic E-state index is 12.1. The molecule has 1 aromatic rings. The topological polar surface area (TPSA) is 26.3 Å². The van der Waals surface area contributed by atoms with Gasteiger partial charge in [0.2, 0.25) is 0 Å². The zero-order chi connectivity index (χ0) is 12.5. The van der Waals surface area contributed by atoms with Gasteiger partial charge in [0.15, 0.2) is 5.78 Å². The molecule has 0 saturated heterocycles. The number of ketones is 1. The van der Waals surface area contributed by atoms with Gasteiger partial charge in [-0.3, -0.25) is 4.79 Å². The quantitative estimate of drug-likeness (QED) is 0.764. The predicted molar refractivity (Wildman–Crippen MR) is 55.8 cm³/mol. The first kappa shape index (κ1) is 13.3. The first-order valence-corrected chi connectivity index (χ1v) is 5.13. The summed E-state index contributed by atoms with van der Waals surface area (Å²) in [5.74, 6) is -1.16. The number of alkyl halides is 3. The highest BCUT2D eigenvalue weighted by Crippen LogP contribution is 2.34. The van der Waals surface area contributed by atoms with Gasteiger partial charge in [0.05, 0.1) is 5.56 Å². The molecular formula is C9H5BrClF3O2. The third-order valence-corrected chi connectivity index (χ3v) is 2.44. The van der Waals surface area contributed by atoms with E-state index in [4.69, 9.17) is 11.6 Å². The molecule has 0 radical (unpaired) electrons. The minimum atomic E-state index is -4.87. The maximum Gasteiger partial charge on any atom is 0.573 e. The fourth-order valence-electron chi connectivity index (χ4n) is 1.10. The molecule has 0 N–H and O–H groups in total. The van der Waals surface area contributed by atoms with Crippen molar-refractivity contribution < 1.29 is 22.7 Å². The van der Waals surface area contributed by atoms with Gasteiger partial charge in [-0.1, -0.05) is 11.6 Å². The van der Waals surface area contributed by atoms with Gasteiger partial charge in [0.25, 0.3) is 0 Å². The van der Waals surface area contributed by atoms with Crippen LogP contribution in [0.1, 0.15) is 17.3 Å². The van der Waals surface area contributed by atoms with Crippen LogP contribution in [0.25, 0.3) is 0 Å². The Bertz CT molecular complexity index is 431. The summed E-state index contributed by atoms with van der Waals surface area (Å²) in [6.45, 7) is 1.14. The molecule has 0 unspecified atom stereocenters. The molecular weight excluding hydrogens is 312 g/mol. The predicted octanol–water partition coefficient (Wildman–Crippen LogP) is 4.20. The van der Waals surface area contributed by atoms with Crippen LogP contribution in [0, 0.1) is 0 Å². The standard InChI is InChI=1S/C9H5BrClF3O2/c1-4(15)8-6(10)2-5(11)3-7(8)16-9(12,13)14/h2-3H,1H3. The van der Waals surface area contributed by atoms with Crippen molar-refractivity contribution in [3.05, 3.63) is 27.2 Å². The molecule has 1 rings (SSSR count). The second kappa shape index (κ2) is 4.63. The third kappa shape index (κ3) is 3.38. The van der Waals surface area contributed by atoms with E-state index in [1.54, 1.807) is 0 Å². The van der Waals surface area contributed by atoms with Gasteiger partial charge in [0, 0.05) is 9.50 Å². The minimum absolute atomic E-state index is 0.0381. The Kier molecular flexibility index (Phi) is 3.85. The van der Waals surface area contributed by atoms with E-state index in [-0.39, 0.29) is 15.1 Å². The summed E-state index contributed by atoms with van der Waals surface area (Å²) >= 11 is 8.52. The van der Waals surface area contributed by atoms with Gasteiger partial charge in [-0.2, -0.15) is 0 Å². The van der Waals surface area contributed by atoms with E-state index in [0.29, 0.717) is 0 Å². The van der Waals surface area contributed by atoms with E-state index in [1.807, 2.05) is 0 Å². The molecule has 2 nitrogen and oxygen atoms in total. The zero-order valence-corrected chi connectivity index (χ0v) is 10.2. The molecule has 0 atom stereocenters. The number of benzene rings is 1. The summed E-state index contributed by atoms with van der Waals surface area (Å²) in [5, 5.41) is 0.0381. The van der Waals surface area contributed by atoms with Crippen LogP contribution in [0.4, 0.5) is 13.2 Å². The van der Waals surface area contributed by atoms with E-state index < -0.39 is 17.9 Å². The maximum atomic E-state index is 12.1. The van der Waals surface area contributed by atoms with E-state index in [0.717, 1.165) is 13.0 Å².